The van der Waals surface area contributed by atoms with Gasteiger partial charge in [-0.2, -0.15) is 0 Å². The molecule has 0 bridgehead atoms. The number of aromatic nitrogens is 2. The summed E-state index contributed by atoms with van der Waals surface area (Å²) in [6.07, 6.45) is 2.48. The molecular formula is C16H20ClN3. The Morgan fingerprint density at radius 2 is 1.85 bits per heavy atom. The Morgan fingerprint density at radius 3 is 2.45 bits per heavy atom. The number of benzene rings is 1. The van der Waals surface area contributed by atoms with E-state index < -0.39 is 0 Å². The van der Waals surface area contributed by atoms with Crippen molar-refractivity contribution in [1.29, 1.82) is 0 Å². The van der Waals surface area contributed by atoms with Crippen LogP contribution in [0.2, 0.25) is 5.15 Å². The first-order valence-corrected chi connectivity index (χ1v) is 7.33. The van der Waals surface area contributed by atoms with Gasteiger partial charge in [-0.25, -0.2) is 9.97 Å². The van der Waals surface area contributed by atoms with Crippen molar-refractivity contribution < 1.29 is 0 Å². The molecular weight excluding hydrogens is 270 g/mol. The number of nitrogens with zero attached hydrogens (tertiary/aromatic N) is 2. The van der Waals surface area contributed by atoms with Crippen LogP contribution in [0.3, 0.4) is 0 Å². The zero-order chi connectivity index (χ0) is 14.5. The van der Waals surface area contributed by atoms with E-state index in [1.807, 2.05) is 6.07 Å². The molecule has 0 aliphatic heterocycles. The summed E-state index contributed by atoms with van der Waals surface area (Å²) < 4.78 is 0. The summed E-state index contributed by atoms with van der Waals surface area (Å²) in [6.45, 7) is 6.35. The second-order valence-electron chi connectivity index (χ2n) is 5.10. The predicted molar refractivity (Wildman–Crippen MR) is 84.2 cm³/mol. The van der Waals surface area contributed by atoms with Gasteiger partial charge in [-0.1, -0.05) is 62.7 Å². The molecule has 106 valence electrons. The topological polar surface area (TPSA) is 37.8 Å². The van der Waals surface area contributed by atoms with Crippen molar-refractivity contribution in [3.8, 4) is 0 Å². The van der Waals surface area contributed by atoms with Gasteiger partial charge < -0.3 is 5.32 Å². The van der Waals surface area contributed by atoms with E-state index in [0.717, 1.165) is 17.8 Å². The van der Waals surface area contributed by atoms with Crippen LogP contribution in [-0.4, -0.2) is 9.97 Å². The molecule has 0 fully saturated rings. The minimum Gasteiger partial charge on any atom is -0.363 e. The van der Waals surface area contributed by atoms with Gasteiger partial charge in [-0.05, 0) is 17.9 Å². The molecule has 2 aromatic rings. The van der Waals surface area contributed by atoms with Crippen LogP contribution in [0, 0.1) is 0 Å². The van der Waals surface area contributed by atoms with Gasteiger partial charge in [0.15, 0.2) is 0 Å². The van der Waals surface area contributed by atoms with Crippen molar-refractivity contribution >= 4 is 17.4 Å². The van der Waals surface area contributed by atoms with Crippen LogP contribution in [-0.2, 0) is 0 Å². The van der Waals surface area contributed by atoms with Gasteiger partial charge in [0.25, 0.3) is 0 Å². The molecule has 0 spiro atoms. The summed E-state index contributed by atoms with van der Waals surface area (Å²) in [4.78, 5) is 8.45. The number of rotatable bonds is 5. The van der Waals surface area contributed by atoms with E-state index in [1.165, 1.54) is 11.9 Å². The molecule has 0 aliphatic carbocycles. The van der Waals surface area contributed by atoms with Crippen molar-refractivity contribution in [3.63, 3.8) is 0 Å². The lowest BCUT2D eigenvalue weighted by molar-refractivity contribution is 0.735. The lowest BCUT2D eigenvalue weighted by Gasteiger charge is -2.21. The average Bonchev–Trinajstić information content (AvgIpc) is 2.45. The van der Waals surface area contributed by atoms with Crippen molar-refractivity contribution in [1.82, 2.24) is 9.97 Å². The fourth-order valence-electron chi connectivity index (χ4n) is 2.27. The van der Waals surface area contributed by atoms with Gasteiger partial charge in [0.1, 0.15) is 17.3 Å². The molecule has 1 unspecified atom stereocenters. The molecule has 1 heterocycles. The van der Waals surface area contributed by atoms with Gasteiger partial charge in [0.2, 0.25) is 0 Å². The number of hydrogen-bond donors (Lipinski definition) is 1. The molecule has 1 N–H and O–H groups in total. The molecule has 0 radical (unpaired) electrons. The smallest absolute Gasteiger partial charge is 0.138 e. The second-order valence-corrected chi connectivity index (χ2v) is 5.46. The van der Waals surface area contributed by atoms with Crippen molar-refractivity contribution in [2.45, 2.75) is 39.2 Å². The van der Waals surface area contributed by atoms with Crippen LogP contribution in [0.25, 0.3) is 0 Å². The minimum absolute atomic E-state index is 0.222. The summed E-state index contributed by atoms with van der Waals surface area (Å²) in [5.74, 6) is 1.11. The van der Waals surface area contributed by atoms with Crippen LogP contribution in [0.4, 0.5) is 5.82 Å². The van der Waals surface area contributed by atoms with Crippen LogP contribution in [0.1, 0.15) is 50.3 Å². The molecule has 2 rings (SSSR count). The second kappa shape index (κ2) is 6.71. The van der Waals surface area contributed by atoms with Crippen molar-refractivity contribution in [2.75, 3.05) is 5.32 Å². The van der Waals surface area contributed by atoms with E-state index in [9.17, 15) is 0 Å². The number of anilines is 1. The first kappa shape index (κ1) is 14.8. The SMILES string of the molecule is CCC(Nc1ncnc(Cl)c1C(C)C)c1ccccc1. The maximum Gasteiger partial charge on any atom is 0.138 e. The Morgan fingerprint density at radius 1 is 1.15 bits per heavy atom. The fraction of sp³-hybridized carbons (Fsp3) is 0.375. The average molecular weight is 290 g/mol. The highest BCUT2D eigenvalue weighted by atomic mass is 35.5. The Hall–Kier alpha value is -1.61. The third-order valence-corrected chi connectivity index (χ3v) is 3.63. The first-order valence-electron chi connectivity index (χ1n) is 6.95. The molecule has 1 aromatic carbocycles. The van der Waals surface area contributed by atoms with E-state index in [2.05, 4.69) is 60.3 Å². The van der Waals surface area contributed by atoms with Gasteiger partial charge in [-0.15, -0.1) is 0 Å². The zero-order valence-corrected chi connectivity index (χ0v) is 12.9. The quantitative estimate of drug-likeness (QED) is 0.802. The molecule has 0 aliphatic rings. The summed E-state index contributed by atoms with van der Waals surface area (Å²) in [5.41, 5.74) is 2.22. The molecule has 4 heteroatoms. The number of hydrogen-bond acceptors (Lipinski definition) is 3. The normalized spacial score (nSPS) is 12.4. The Labute approximate surface area is 125 Å². The van der Waals surface area contributed by atoms with Crippen LogP contribution in [0.5, 0.6) is 0 Å². The van der Waals surface area contributed by atoms with E-state index in [1.54, 1.807) is 0 Å². The highest BCUT2D eigenvalue weighted by Crippen LogP contribution is 2.31. The predicted octanol–water partition coefficient (Wildman–Crippen LogP) is 4.82. The molecule has 1 aromatic heterocycles. The zero-order valence-electron chi connectivity index (χ0n) is 12.1. The van der Waals surface area contributed by atoms with Crippen molar-refractivity contribution in [3.05, 3.63) is 52.9 Å². The maximum atomic E-state index is 6.21. The van der Waals surface area contributed by atoms with Crippen molar-refractivity contribution in [2.24, 2.45) is 0 Å². The maximum absolute atomic E-state index is 6.21. The number of halogens is 1. The summed E-state index contributed by atoms with van der Waals surface area (Å²) in [7, 11) is 0. The third-order valence-electron chi connectivity index (χ3n) is 3.33. The monoisotopic (exact) mass is 289 g/mol. The van der Waals surface area contributed by atoms with Crippen LogP contribution in [0.15, 0.2) is 36.7 Å². The van der Waals surface area contributed by atoms with Gasteiger partial charge in [0, 0.05) is 5.56 Å². The van der Waals surface area contributed by atoms with E-state index >= 15 is 0 Å². The minimum atomic E-state index is 0.222. The summed E-state index contributed by atoms with van der Waals surface area (Å²) in [6, 6.07) is 10.6. The lowest BCUT2D eigenvalue weighted by atomic mass is 10.0. The molecule has 0 saturated carbocycles. The third kappa shape index (κ3) is 3.28. The van der Waals surface area contributed by atoms with Crippen LogP contribution >= 0.6 is 11.6 Å². The molecule has 0 saturated heterocycles. The number of nitrogens with one attached hydrogen (secondary N) is 1. The highest BCUT2D eigenvalue weighted by molar-refractivity contribution is 6.30. The van der Waals surface area contributed by atoms with E-state index in [4.69, 9.17) is 11.6 Å². The Kier molecular flexibility index (Phi) is 4.96. The molecule has 3 nitrogen and oxygen atoms in total. The lowest BCUT2D eigenvalue weighted by Crippen LogP contribution is -2.13. The standard InChI is InChI=1S/C16H20ClN3/c1-4-13(12-8-6-5-7-9-12)20-16-14(11(2)3)15(17)18-10-19-16/h5-11,13H,4H2,1-3H3,(H,18,19,20). The van der Waals surface area contributed by atoms with Crippen LogP contribution < -0.4 is 5.32 Å². The highest BCUT2D eigenvalue weighted by Gasteiger charge is 2.17. The Bertz CT molecular complexity index is 555. The first-order chi connectivity index (χ1) is 9.63. The van der Waals surface area contributed by atoms with Gasteiger partial charge >= 0.3 is 0 Å². The van der Waals surface area contributed by atoms with E-state index in [-0.39, 0.29) is 12.0 Å². The fourth-order valence-corrected chi connectivity index (χ4v) is 2.62. The van der Waals surface area contributed by atoms with Gasteiger partial charge in [0.05, 0.1) is 6.04 Å². The van der Waals surface area contributed by atoms with Gasteiger partial charge in [-0.3, -0.25) is 0 Å². The molecule has 0 amide bonds. The Balaban J connectivity index is 2.31. The summed E-state index contributed by atoms with van der Waals surface area (Å²) in [5, 5.41) is 4.03. The molecule has 1 atom stereocenters. The van der Waals surface area contributed by atoms with E-state index in [0.29, 0.717) is 5.15 Å². The largest absolute Gasteiger partial charge is 0.363 e. The summed E-state index contributed by atoms with van der Waals surface area (Å²) >= 11 is 6.21. The molecule has 20 heavy (non-hydrogen) atoms.